The van der Waals surface area contributed by atoms with Crippen molar-refractivity contribution in [1.29, 1.82) is 0 Å². The Morgan fingerprint density at radius 1 is 1.19 bits per heavy atom. The maximum absolute atomic E-state index is 12.2. The summed E-state index contributed by atoms with van der Waals surface area (Å²) in [6.07, 6.45) is 1.97. The number of nitrogens with one attached hydrogen (secondary N) is 2. The summed E-state index contributed by atoms with van der Waals surface area (Å²) >= 11 is 3.43. The molecule has 0 radical (unpaired) electrons. The van der Waals surface area contributed by atoms with Gasteiger partial charge in [-0.25, -0.2) is 8.42 Å². The fraction of sp³-hybridized carbons (Fsp3) is 0.333. The zero-order valence-corrected chi connectivity index (χ0v) is 13.9. The number of sulfonamides is 1. The SMILES string of the molecule is O=S(=O)(CC1CCCN1)Nc1ccc2cc(Br)ccc2c1. The van der Waals surface area contributed by atoms with Gasteiger partial charge in [0.1, 0.15) is 0 Å². The molecule has 2 N–H and O–H groups in total. The van der Waals surface area contributed by atoms with Gasteiger partial charge in [-0.15, -0.1) is 0 Å². The summed E-state index contributed by atoms with van der Waals surface area (Å²) in [7, 11) is -3.32. The van der Waals surface area contributed by atoms with Crippen molar-refractivity contribution in [2.24, 2.45) is 0 Å². The van der Waals surface area contributed by atoms with Crippen molar-refractivity contribution < 1.29 is 8.42 Å². The molecule has 1 aliphatic heterocycles. The van der Waals surface area contributed by atoms with Crippen LogP contribution < -0.4 is 10.0 Å². The van der Waals surface area contributed by atoms with Gasteiger partial charge in [-0.2, -0.15) is 0 Å². The van der Waals surface area contributed by atoms with Crippen LogP contribution in [0.15, 0.2) is 40.9 Å². The number of halogens is 1. The number of fused-ring (bicyclic) bond motifs is 1. The highest BCUT2D eigenvalue weighted by Gasteiger charge is 2.21. The lowest BCUT2D eigenvalue weighted by molar-refractivity contribution is 0.582. The number of anilines is 1. The molecule has 1 atom stereocenters. The van der Waals surface area contributed by atoms with E-state index in [4.69, 9.17) is 0 Å². The predicted octanol–water partition coefficient (Wildman–Crippen LogP) is 3.10. The molecule has 1 unspecified atom stereocenters. The van der Waals surface area contributed by atoms with Crippen molar-refractivity contribution in [2.45, 2.75) is 18.9 Å². The largest absolute Gasteiger partial charge is 0.313 e. The van der Waals surface area contributed by atoms with Crippen molar-refractivity contribution in [1.82, 2.24) is 5.32 Å². The first kappa shape index (κ1) is 14.8. The standard InChI is InChI=1S/C15H17BrN2O2S/c16-13-5-3-12-9-14(6-4-11(12)8-13)18-21(19,20)10-15-2-1-7-17-15/h3-6,8-9,15,17-18H,1-2,7,10H2. The fourth-order valence-electron chi connectivity index (χ4n) is 2.67. The zero-order valence-electron chi connectivity index (χ0n) is 11.5. The van der Waals surface area contributed by atoms with Crippen LogP contribution in [-0.2, 0) is 10.0 Å². The first-order chi connectivity index (χ1) is 10.0. The number of hydrogen-bond donors (Lipinski definition) is 2. The molecule has 2 aromatic rings. The van der Waals surface area contributed by atoms with Crippen LogP contribution >= 0.6 is 15.9 Å². The molecule has 0 spiro atoms. The van der Waals surface area contributed by atoms with E-state index in [9.17, 15) is 8.42 Å². The molecular weight excluding hydrogens is 352 g/mol. The van der Waals surface area contributed by atoms with Crippen molar-refractivity contribution in [2.75, 3.05) is 17.0 Å². The minimum absolute atomic E-state index is 0.0684. The second-order valence-corrected chi connectivity index (χ2v) is 8.07. The van der Waals surface area contributed by atoms with Gasteiger partial charge in [0.05, 0.1) is 5.75 Å². The first-order valence-electron chi connectivity index (χ1n) is 6.95. The molecule has 21 heavy (non-hydrogen) atoms. The molecule has 0 saturated carbocycles. The highest BCUT2D eigenvalue weighted by atomic mass is 79.9. The molecule has 6 heteroatoms. The summed E-state index contributed by atoms with van der Waals surface area (Å²) in [5, 5.41) is 5.30. The Balaban J connectivity index is 1.78. The lowest BCUT2D eigenvalue weighted by Gasteiger charge is -2.13. The summed E-state index contributed by atoms with van der Waals surface area (Å²) in [6, 6.07) is 11.6. The second-order valence-electron chi connectivity index (χ2n) is 5.38. The predicted molar refractivity (Wildman–Crippen MR) is 90.1 cm³/mol. The topological polar surface area (TPSA) is 58.2 Å². The Kier molecular flexibility index (Phi) is 4.19. The first-order valence-corrected chi connectivity index (χ1v) is 9.40. The Labute approximate surface area is 133 Å². The van der Waals surface area contributed by atoms with E-state index < -0.39 is 10.0 Å². The van der Waals surface area contributed by atoms with E-state index in [1.54, 1.807) is 6.07 Å². The van der Waals surface area contributed by atoms with Gasteiger partial charge < -0.3 is 5.32 Å². The summed E-state index contributed by atoms with van der Waals surface area (Å²) in [5.74, 6) is 0.130. The summed E-state index contributed by atoms with van der Waals surface area (Å²) in [6.45, 7) is 0.908. The zero-order chi connectivity index (χ0) is 14.9. The van der Waals surface area contributed by atoms with E-state index in [1.165, 1.54) is 0 Å². The second kappa shape index (κ2) is 5.94. The van der Waals surface area contributed by atoms with Gasteiger partial charge in [-0.05, 0) is 54.4 Å². The van der Waals surface area contributed by atoms with Crippen molar-refractivity contribution in [3.05, 3.63) is 40.9 Å². The molecule has 0 bridgehead atoms. The molecular formula is C15H17BrN2O2S. The lowest BCUT2D eigenvalue weighted by Crippen LogP contribution is -2.32. The van der Waals surface area contributed by atoms with Crippen LogP contribution in [0, 0.1) is 0 Å². The van der Waals surface area contributed by atoms with Crippen LogP contribution in [-0.4, -0.2) is 26.8 Å². The Bertz CT molecular complexity index is 755. The lowest BCUT2D eigenvalue weighted by atomic mass is 10.1. The monoisotopic (exact) mass is 368 g/mol. The van der Waals surface area contributed by atoms with Gasteiger partial charge in [0, 0.05) is 16.2 Å². The maximum atomic E-state index is 12.2. The highest BCUT2D eigenvalue weighted by molar-refractivity contribution is 9.10. The third-order valence-electron chi connectivity index (χ3n) is 3.66. The summed E-state index contributed by atoms with van der Waals surface area (Å²) in [5.41, 5.74) is 0.614. The van der Waals surface area contributed by atoms with Gasteiger partial charge >= 0.3 is 0 Å². The number of benzene rings is 2. The minimum Gasteiger partial charge on any atom is -0.313 e. The van der Waals surface area contributed by atoms with Gasteiger partial charge in [-0.1, -0.05) is 28.1 Å². The van der Waals surface area contributed by atoms with Crippen LogP contribution in [0.4, 0.5) is 5.69 Å². The van der Waals surface area contributed by atoms with Crippen LogP contribution in [0.3, 0.4) is 0 Å². The van der Waals surface area contributed by atoms with E-state index >= 15 is 0 Å². The molecule has 0 amide bonds. The quantitative estimate of drug-likeness (QED) is 0.871. The third kappa shape index (κ3) is 3.75. The van der Waals surface area contributed by atoms with Crippen molar-refractivity contribution in [3.8, 4) is 0 Å². The van der Waals surface area contributed by atoms with Crippen LogP contribution in [0.1, 0.15) is 12.8 Å². The van der Waals surface area contributed by atoms with Crippen LogP contribution in [0.25, 0.3) is 10.8 Å². The van der Waals surface area contributed by atoms with Crippen LogP contribution in [0.2, 0.25) is 0 Å². The molecule has 4 nitrogen and oxygen atoms in total. The molecule has 1 fully saturated rings. The van der Waals surface area contributed by atoms with E-state index in [-0.39, 0.29) is 11.8 Å². The van der Waals surface area contributed by atoms with E-state index in [2.05, 4.69) is 26.0 Å². The van der Waals surface area contributed by atoms with Crippen LogP contribution in [0.5, 0.6) is 0 Å². The van der Waals surface area contributed by atoms with Crippen molar-refractivity contribution >= 4 is 42.4 Å². The molecule has 1 aliphatic rings. The molecule has 0 aliphatic carbocycles. The Morgan fingerprint density at radius 3 is 2.71 bits per heavy atom. The maximum Gasteiger partial charge on any atom is 0.234 e. The summed E-state index contributed by atoms with van der Waals surface area (Å²) in [4.78, 5) is 0. The van der Waals surface area contributed by atoms with E-state index in [0.717, 1.165) is 34.6 Å². The molecule has 2 aromatic carbocycles. The Morgan fingerprint density at radius 2 is 1.95 bits per heavy atom. The number of hydrogen-bond acceptors (Lipinski definition) is 3. The number of rotatable bonds is 4. The normalized spacial score (nSPS) is 19.0. The van der Waals surface area contributed by atoms with Gasteiger partial charge in [0.2, 0.25) is 10.0 Å². The summed E-state index contributed by atoms with van der Waals surface area (Å²) < 4.78 is 28.1. The van der Waals surface area contributed by atoms with Gasteiger partial charge in [0.15, 0.2) is 0 Å². The molecule has 3 rings (SSSR count). The van der Waals surface area contributed by atoms with Gasteiger partial charge in [0.25, 0.3) is 0 Å². The molecule has 1 saturated heterocycles. The van der Waals surface area contributed by atoms with Crippen molar-refractivity contribution in [3.63, 3.8) is 0 Å². The third-order valence-corrected chi connectivity index (χ3v) is 5.54. The molecule has 112 valence electrons. The fourth-order valence-corrected chi connectivity index (χ4v) is 4.43. The van der Waals surface area contributed by atoms with Gasteiger partial charge in [-0.3, -0.25) is 4.72 Å². The Hall–Kier alpha value is -1.11. The highest BCUT2D eigenvalue weighted by Crippen LogP contribution is 2.23. The smallest absolute Gasteiger partial charge is 0.234 e. The average Bonchev–Trinajstić information content (AvgIpc) is 2.90. The van der Waals surface area contributed by atoms with E-state index in [0.29, 0.717) is 5.69 Å². The van der Waals surface area contributed by atoms with E-state index in [1.807, 2.05) is 30.3 Å². The molecule has 1 heterocycles. The minimum atomic E-state index is -3.32. The molecule has 0 aromatic heterocycles. The average molecular weight is 369 g/mol.